The normalized spacial score (nSPS) is 26.3. The summed E-state index contributed by atoms with van der Waals surface area (Å²) >= 11 is 0. The fourth-order valence-corrected chi connectivity index (χ4v) is 2.38. The van der Waals surface area contributed by atoms with Crippen molar-refractivity contribution in [1.29, 1.82) is 0 Å². The standard InChI is InChI=1S/C13H24/c1-5-8-9-13(4)10-12(13)11(6-2)7-3/h5-10H2,1-4H3. The highest BCUT2D eigenvalue weighted by molar-refractivity contribution is 5.36. The van der Waals surface area contributed by atoms with Crippen LogP contribution in [0.25, 0.3) is 0 Å². The summed E-state index contributed by atoms with van der Waals surface area (Å²) in [5.74, 6) is 0. The second kappa shape index (κ2) is 4.30. The largest absolute Gasteiger partial charge is 0.0710 e. The SMILES string of the molecule is CCCCC1(C)CC1=C(CC)CC. The molecule has 0 heterocycles. The Labute approximate surface area is 83.4 Å². The molecule has 0 spiro atoms. The third-order valence-corrected chi connectivity index (χ3v) is 3.53. The van der Waals surface area contributed by atoms with Gasteiger partial charge in [-0.15, -0.1) is 0 Å². The van der Waals surface area contributed by atoms with Crippen LogP contribution in [0, 0.1) is 5.41 Å². The maximum atomic E-state index is 2.45. The Balaban J connectivity index is 2.54. The zero-order valence-corrected chi connectivity index (χ0v) is 9.74. The molecule has 13 heavy (non-hydrogen) atoms. The molecular formula is C13H24. The highest BCUT2D eigenvalue weighted by Gasteiger charge is 2.44. The van der Waals surface area contributed by atoms with Crippen LogP contribution < -0.4 is 0 Å². The van der Waals surface area contributed by atoms with Gasteiger partial charge in [0.15, 0.2) is 0 Å². The van der Waals surface area contributed by atoms with E-state index < -0.39 is 0 Å². The third-order valence-electron chi connectivity index (χ3n) is 3.53. The minimum absolute atomic E-state index is 0.622. The molecule has 0 bridgehead atoms. The van der Waals surface area contributed by atoms with Crippen molar-refractivity contribution >= 4 is 0 Å². The molecule has 76 valence electrons. The van der Waals surface area contributed by atoms with Gasteiger partial charge >= 0.3 is 0 Å². The Kier molecular flexibility index (Phi) is 3.58. The van der Waals surface area contributed by atoms with Crippen LogP contribution in [0.15, 0.2) is 11.1 Å². The molecule has 1 saturated carbocycles. The molecule has 0 aromatic rings. The summed E-state index contributed by atoms with van der Waals surface area (Å²) in [5, 5.41) is 0. The van der Waals surface area contributed by atoms with Crippen LogP contribution in [0.5, 0.6) is 0 Å². The topological polar surface area (TPSA) is 0 Å². The molecule has 0 radical (unpaired) electrons. The van der Waals surface area contributed by atoms with Crippen molar-refractivity contribution in [3.63, 3.8) is 0 Å². The number of hydrogen-bond acceptors (Lipinski definition) is 0. The van der Waals surface area contributed by atoms with Gasteiger partial charge in [0.1, 0.15) is 0 Å². The molecule has 0 aromatic heterocycles. The molecule has 0 N–H and O–H groups in total. The summed E-state index contributed by atoms with van der Waals surface area (Å²) in [7, 11) is 0. The number of rotatable bonds is 5. The van der Waals surface area contributed by atoms with E-state index in [1.807, 2.05) is 0 Å². The van der Waals surface area contributed by atoms with E-state index in [-0.39, 0.29) is 0 Å². The first-order valence-corrected chi connectivity index (χ1v) is 5.89. The van der Waals surface area contributed by atoms with Crippen molar-refractivity contribution in [2.45, 2.75) is 66.2 Å². The van der Waals surface area contributed by atoms with E-state index in [4.69, 9.17) is 0 Å². The number of allylic oxidation sites excluding steroid dienone is 2. The third kappa shape index (κ3) is 2.36. The Morgan fingerprint density at radius 2 is 1.85 bits per heavy atom. The highest BCUT2D eigenvalue weighted by Crippen LogP contribution is 2.57. The molecule has 1 unspecified atom stereocenters. The first-order chi connectivity index (χ1) is 6.18. The summed E-state index contributed by atoms with van der Waals surface area (Å²) in [6, 6.07) is 0. The first-order valence-electron chi connectivity index (χ1n) is 5.89. The molecule has 0 aromatic carbocycles. The Hall–Kier alpha value is -0.260. The molecule has 1 aliphatic carbocycles. The number of hydrogen-bond donors (Lipinski definition) is 0. The summed E-state index contributed by atoms with van der Waals surface area (Å²) in [4.78, 5) is 0. The monoisotopic (exact) mass is 180 g/mol. The average molecular weight is 180 g/mol. The van der Waals surface area contributed by atoms with Gasteiger partial charge in [-0.05, 0) is 31.1 Å². The molecule has 1 rings (SSSR count). The summed E-state index contributed by atoms with van der Waals surface area (Å²) in [6.07, 6.45) is 8.10. The second-order valence-corrected chi connectivity index (χ2v) is 4.63. The van der Waals surface area contributed by atoms with Gasteiger partial charge < -0.3 is 0 Å². The van der Waals surface area contributed by atoms with Crippen LogP contribution in [0.3, 0.4) is 0 Å². The lowest BCUT2D eigenvalue weighted by Gasteiger charge is -2.08. The zero-order chi connectivity index (χ0) is 9.90. The molecule has 0 heteroatoms. The van der Waals surface area contributed by atoms with E-state index in [1.54, 1.807) is 11.1 Å². The Morgan fingerprint density at radius 3 is 2.31 bits per heavy atom. The van der Waals surface area contributed by atoms with Crippen molar-refractivity contribution in [2.24, 2.45) is 5.41 Å². The zero-order valence-electron chi connectivity index (χ0n) is 9.74. The maximum Gasteiger partial charge on any atom is -0.00760 e. The van der Waals surface area contributed by atoms with E-state index in [1.165, 1.54) is 38.5 Å². The minimum atomic E-state index is 0.622. The lowest BCUT2D eigenvalue weighted by atomic mass is 9.98. The Bertz CT molecular complexity index is 194. The highest BCUT2D eigenvalue weighted by atomic mass is 14.5. The van der Waals surface area contributed by atoms with E-state index in [9.17, 15) is 0 Å². The van der Waals surface area contributed by atoms with Crippen LogP contribution in [-0.2, 0) is 0 Å². The van der Waals surface area contributed by atoms with Gasteiger partial charge in [0, 0.05) is 0 Å². The molecule has 0 amide bonds. The lowest BCUT2D eigenvalue weighted by Crippen LogP contribution is -1.94. The van der Waals surface area contributed by atoms with E-state index >= 15 is 0 Å². The van der Waals surface area contributed by atoms with Gasteiger partial charge in [-0.25, -0.2) is 0 Å². The van der Waals surface area contributed by atoms with Crippen LogP contribution in [-0.4, -0.2) is 0 Å². The molecular weight excluding hydrogens is 156 g/mol. The number of unbranched alkanes of at least 4 members (excludes halogenated alkanes) is 1. The lowest BCUT2D eigenvalue weighted by molar-refractivity contribution is 0.510. The summed E-state index contributed by atoms with van der Waals surface area (Å²) in [6.45, 7) is 9.33. The second-order valence-electron chi connectivity index (χ2n) is 4.63. The fourth-order valence-electron chi connectivity index (χ4n) is 2.38. The van der Waals surface area contributed by atoms with Gasteiger partial charge in [-0.2, -0.15) is 0 Å². The molecule has 1 aliphatic rings. The summed E-state index contributed by atoms with van der Waals surface area (Å²) < 4.78 is 0. The average Bonchev–Trinajstić information content (AvgIpc) is 2.78. The molecule has 1 atom stereocenters. The molecule has 0 aliphatic heterocycles. The minimum Gasteiger partial charge on any atom is -0.0710 e. The fraction of sp³-hybridized carbons (Fsp3) is 0.846. The van der Waals surface area contributed by atoms with Gasteiger partial charge in [0.05, 0.1) is 0 Å². The van der Waals surface area contributed by atoms with Crippen LogP contribution in [0.1, 0.15) is 66.2 Å². The van der Waals surface area contributed by atoms with E-state index in [0.29, 0.717) is 5.41 Å². The Morgan fingerprint density at radius 1 is 1.23 bits per heavy atom. The molecule has 1 fully saturated rings. The van der Waals surface area contributed by atoms with Gasteiger partial charge in [0.25, 0.3) is 0 Å². The van der Waals surface area contributed by atoms with Gasteiger partial charge in [-0.1, -0.05) is 51.7 Å². The van der Waals surface area contributed by atoms with Crippen LogP contribution in [0.2, 0.25) is 0 Å². The molecule has 0 saturated heterocycles. The first kappa shape index (κ1) is 10.8. The maximum absolute atomic E-state index is 2.45. The van der Waals surface area contributed by atoms with Crippen molar-refractivity contribution < 1.29 is 0 Å². The van der Waals surface area contributed by atoms with Crippen molar-refractivity contribution in [1.82, 2.24) is 0 Å². The quantitative estimate of drug-likeness (QED) is 0.538. The smallest absolute Gasteiger partial charge is 0.00760 e. The van der Waals surface area contributed by atoms with Crippen LogP contribution >= 0.6 is 0 Å². The van der Waals surface area contributed by atoms with Crippen molar-refractivity contribution in [3.05, 3.63) is 11.1 Å². The predicted octanol–water partition coefficient (Wildman–Crippen LogP) is 4.70. The molecule has 0 nitrogen and oxygen atoms in total. The van der Waals surface area contributed by atoms with Crippen molar-refractivity contribution in [3.8, 4) is 0 Å². The van der Waals surface area contributed by atoms with Crippen LogP contribution in [0.4, 0.5) is 0 Å². The van der Waals surface area contributed by atoms with Gasteiger partial charge in [-0.3, -0.25) is 0 Å². The summed E-state index contributed by atoms with van der Waals surface area (Å²) in [5.41, 5.74) is 4.15. The predicted molar refractivity (Wildman–Crippen MR) is 59.9 cm³/mol. The van der Waals surface area contributed by atoms with Gasteiger partial charge in [0.2, 0.25) is 0 Å². The van der Waals surface area contributed by atoms with E-state index in [2.05, 4.69) is 27.7 Å². The van der Waals surface area contributed by atoms with E-state index in [0.717, 1.165) is 0 Å². The van der Waals surface area contributed by atoms with Crippen molar-refractivity contribution in [2.75, 3.05) is 0 Å².